The van der Waals surface area contributed by atoms with Gasteiger partial charge < -0.3 is 38.0 Å². The smallest absolute Gasteiger partial charge is 0.360 e. The quantitative estimate of drug-likeness (QED) is 0.165. The third-order valence-corrected chi connectivity index (χ3v) is 9.64. The van der Waals surface area contributed by atoms with E-state index in [0.29, 0.717) is 18.7 Å². The molecule has 0 saturated carbocycles. The third kappa shape index (κ3) is 12.3. The number of epoxide rings is 1. The molecule has 0 amide bonds. The van der Waals surface area contributed by atoms with Crippen molar-refractivity contribution in [3.63, 3.8) is 0 Å². The van der Waals surface area contributed by atoms with Gasteiger partial charge in [-0.15, -0.1) is 0 Å². The van der Waals surface area contributed by atoms with E-state index in [2.05, 4.69) is 9.97 Å². The number of cyclic esters (lactones) is 2. The predicted octanol–water partition coefficient (Wildman–Crippen LogP) is 7.25. The number of aliphatic hydroxyl groups is 2. The first kappa shape index (κ1) is 42.9. The van der Waals surface area contributed by atoms with Crippen LogP contribution in [-0.4, -0.2) is 82.0 Å². The highest BCUT2D eigenvalue weighted by Crippen LogP contribution is 2.34. The highest BCUT2D eigenvalue weighted by atomic mass is 16.6. The summed E-state index contributed by atoms with van der Waals surface area (Å²) < 4.78 is 34.3. The van der Waals surface area contributed by atoms with Gasteiger partial charge in [-0.25, -0.2) is 19.6 Å². The van der Waals surface area contributed by atoms with E-state index in [1.807, 2.05) is 96.2 Å². The maximum absolute atomic E-state index is 13.3. The molecule has 0 aromatic carbocycles. The van der Waals surface area contributed by atoms with Crippen molar-refractivity contribution in [3.05, 3.63) is 127 Å². The molecule has 1 fully saturated rings. The topological polar surface area (TPSA) is 167 Å². The molecule has 2 aliphatic heterocycles. The predicted molar refractivity (Wildman–Crippen MR) is 208 cm³/mol. The van der Waals surface area contributed by atoms with Crippen LogP contribution in [0.2, 0.25) is 0 Å². The van der Waals surface area contributed by atoms with Crippen molar-refractivity contribution in [1.29, 1.82) is 0 Å². The zero-order valence-electron chi connectivity index (χ0n) is 32.6. The Morgan fingerprint density at radius 2 is 1.31 bits per heavy atom. The van der Waals surface area contributed by atoms with Gasteiger partial charge in [0.2, 0.25) is 5.89 Å². The fraction of sp³-hybridized carbons (Fsp3) is 0.442. The summed E-state index contributed by atoms with van der Waals surface area (Å²) in [5.74, 6) is -0.828. The minimum absolute atomic E-state index is 0.00780. The second kappa shape index (κ2) is 20.2. The fourth-order valence-corrected chi connectivity index (χ4v) is 5.68. The first-order valence-corrected chi connectivity index (χ1v) is 18.4. The number of carbonyl (C=O) groups excluding carboxylic acids is 2. The molecule has 4 rings (SSSR count). The number of rotatable bonds is 7. The van der Waals surface area contributed by atoms with Crippen LogP contribution in [-0.2, 0) is 25.4 Å². The van der Waals surface area contributed by atoms with Gasteiger partial charge in [0.05, 0.1) is 24.7 Å². The van der Waals surface area contributed by atoms with Gasteiger partial charge in [0.15, 0.2) is 17.3 Å². The Hall–Kier alpha value is -4.88. The van der Waals surface area contributed by atoms with Crippen molar-refractivity contribution in [1.82, 2.24) is 9.97 Å². The summed E-state index contributed by atoms with van der Waals surface area (Å²) in [4.78, 5) is 35.2. The van der Waals surface area contributed by atoms with Gasteiger partial charge in [-0.3, -0.25) is 0 Å². The van der Waals surface area contributed by atoms with Crippen LogP contribution in [0.1, 0.15) is 87.1 Å². The number of carbonyl (C=O) groups is 2. The average Bonchev–Trinajstić information content (AvgIpc) is 3.47. The molecule has 55 heavy (non-hydrogen) atoms. The summed E-state index contributed by atoms with van der Waals surface area (Å²) in [6.07, 6.45) is 28.0. The molecule has 0 aliphatic carbocycles. The Balaban J connectivity index is 1.58. The minimum Gasteiger partial charge on any atom is -0.457 e. The van der Waals surface area contributed by atoms with Gasteiger partial charge in [0.25, 0.3) is 0 Å². The van der Waals surface area contributed by atoms with Crippen LogP contribution in [0.15, 0.2) is 113 Å². The van der Waals surface area contributed by atoms with Crippen molar-refractivity contribution in [2.75, 3.05) is 7.11 Å². The zero-order valence-corrected chi connectivity index (χ0v) is 32.6. The number of methoxy groups -OCH3 is 1. The van der Waals surface area contributed by atoms with Crippen LogP contribution < -0.4 is 0 Å². The van der Waals surface area contributed by atoms with Gasteiger partial charge >= 0.3 is 11.9 Å². The number of hydrogen-bond acceptors (Lipinski definition) is 12. The molecule has 12 heteroatoms. The van der Waals surface area contributed by atoms with E-state index in [4.69, 9.17) is 27.8 Å². The van der Waals surface area contributed by atoms with Crippen molar-refractivity contribution >= 4 is 18.0 Å². The Morgan fingerprint density at radius 1 is 0.745 bits per heavy atom. The van der Waals surface area contributed by atoms with Crippen LogP contribution in [0.3, 0.4) is 0 Å². The lowest BCUT2D eigenvalue weighted by Gasteiger charge is -2.36. The Kier molecular flexibility index (Phi) is 15.7. The van der Waals surface area contributed by atoms with Crippen molar-refractivity contribution in [2.24, 2.45) is 10.8 Å². The molecule has 0 radical (unpaired) electrons. The zero-order chi connectivity index (χ0) is 40.0. The second-order valence-electron chi connectivity index (χ2n) is 14.5. The summed E-state index contributed by atoms with van der Waals surface area (Å²) in [5, 5.41) is 21.8. The lowest BCUT2D eigenvalue weighted by molar-refractivity contribution is -0.0461. The summed E-state index contributed by atoms with van der Waals surface area (Å²) in [5.41, 5.74) is -1.66. The fourth-order valence-electron chi connectivity index (χ4n) is 5.68. The van der Waals surface area contributed by atoms with Crippen LogP contribution in [0.25, 0.3) is 6.08 Å². The molecule has 4 bridgehead atoms. The number of fused-ring (bicyclic) bond motifs is 5. The van der Waals surface area contributed by atoms with E-state index in [0.717, 1.165) is 0 Å². The first-order valence-electron chi connectivity index (χ1n) is 18.4. The molecule has 5 unspecified atom stereocenters. The molecule has 1 saturated heterocycles. The van der Waals surface area contributed by atoms with Crippen LogP contribution in [0.4, 0.5) is 0 Å². The molecule has 2 N–H and O–H groups in total. The van der Waals surface area contributed by atoms with E-state index in [1.54, 1.807) is 49.6 Å². The molecule has 2 aromatic rings. The molecule has 2 aromatic heterocycles. The molecular formula is C43H54N2O10. The molecule has 12 nitrogen and oxygen atoms in total. The largest absolute Gasteiger partial charge is 0.457 e. The highest BCUT2D eigenvalue weighted by Gasteiger charge is 2.40. The van der Waals surface area contributed by atoms with Gasteiger partial charge in [-0.1, -0.05) is 119 Å². The average molecular weight is 759 g/mol. The monoisotopic (exact) mass is 758 g/mol. The van der Waals surface area contributed by atoms with Crippen LogP contribution in [0, 0.1) is 10.8 Å². The number of ether oxygens (including phenoxy) is 4. The van der Waals surface area contributed by atoms with Crippen molar-refractivity contribution in [2.45, 2.75) is 104 Å². The molecule has 4 heterocycles. The van der Waals surface area contributed by atoms with E-state index in [9.17, 15) is 19.8 Å². The Morgan fingerprint density at radius 3 is 1.95 bits per heavy atom. The summed E-state index contributed by atoms with van der Waals surface area (Å²) in [6.45, 7) is 11.0. The van der Waals surface area contributed by atoms with Gasteiger partial charge in [-0.05, 0) is 13.8 Å². The van der Waals surface area contributed by atoms with E-state index < -0.39 is 53.3 Å². The molecule has 296 valence electrons. The maximum atomic E-state index is 13.3. The first-order chi connectivity index (χ1) is 26.3. The van der Waals surface area contributed by atoms with Crippen molar-refractivity contribution < 1.29 is 47.6 Å². The normalized spacial score (nSPS) is 28.3. The van der Waals surface area contributed by atoms with E-state index in [-0.39, 0.29) is 35.9 Å². The molecular weight excluding hydrogens is 704 g/mol. The number of aromatic nitrogens is 2. The summed E-state index contributed by atoms with van der Waals surface area (Å²) in [7, 11) is 1.56. The number of aliphatic hydroxyl groups excluding tert-OH is 2. The minimum atomic E-state index is -0.880. The second-order valence-corrected chi connectivity index (χ2v) is 14.5. The van der Waals surface area contributed by atoms with Gasteiger partial charge in [-0.2, -0.15) is 0 Å². The number of esters is 2. The Labute approximate surface area is 323 Å². The molecule has 2 aliphatic rings. The van der Waals surface area contributed by atoms with Crippen LogP contribution in [0.5, 0.6) is 0 Å². The number of nitrogens with zero attached hydrogens (tertiary/aromatic N) is 2. The lowest BCUT2D eigenvalue weighted by Crippen LogP contribution is -2.42. The summed E-state index contributed by atoms with van der Waals surface area (Å²) in [6, 6.07) is 0. The van der Waals surface area contributed by atoms with Gasteiger partial charge in [0.1, 0.15) is 36.9 Å². The number of allylic oxidation sites excluding steroid dienone is 8. The maximum Gasteiger partial charge on any atom is 0.360 e. The summed E-state index contributed by atoms with van der Waals surface area (Å²) >= 11 is 0. The van der Waals surface area contributed by atoms with Crippen molar-refractivity contribution in [3.8, 4) is 0 Å². The number of oxazole rings is 2. The lowest BCUT2D eigenvalue weighted by atomic mass is 9.79. The highest BCUT2D eigenvalue weighted by molar-refractivity contribution is 5.87. The third-order valence-electron chi connectivity index (χ3n) is 9.64. The molecule has 7 atom stereocenters. The van der Waals surface area contributed by atoms with E-state index >= 15 is 0 Å². The van der Waals surface area contributed by atoms with E-state index in [1.165, 1.54) is 12.5 Å². The standard InChI is InChI=1S/C43H54N2O10/c1-8-18-34(46)42(3,4)36-23-14-12-10-11-13-20-29(50-7)26-39-45-31(28-52-39)41(49)55-37(43(5,6)35(47)19-9-2)24-17-22-33-32(53-33)21-15-16-25-38-44-30(27-51-38)40(48)54-36/h8-22,25,27-29,32-37,46-47H,23-24,26H2,1-7H3/b11-10-,14-12+,18-8+,19-9+,20-13+,21-15+,22-17-,25-16-/t29?,32-,33+,34?,35?,36?,37?/m0/s1. The number of hydrogen-bond donors (Lipinski definition) is 2. The Bertz CT molecular complexity index is 1800. The van der Waals surface area contributed by atoms with Crippen LogP contribution >= 0.6 is 0 Å². The molecule has 0 spiro atoms. The van der Waals surface area contributed by atoms with Gasteiger partial charge in [0, 0.05) is 36.9 Å². The SMILES string of the molecule is C/C=C/C(O)C(C)(C)C1C/C=C/C=C\C=C\C(OC)Cc2nc(co2)C(=O)OC(C(C)(C)C(O)/C=C/C)C/C=C\[C@H]2O[C@H]2/C=C/C=C\c2nc(co2)C(=O)O1.